The molecular weight excluding hydrogens is 250 g/mol. The fourth-order valence-corrected chi connectivity index (χ4v) is 3.49. The third-order valence-electron chi connectivity index (χ3n) is 4.80. The smallest absolute Gasteiger partial charge is 0.0594 e. The Balaban J connectivity index is 1.78. The molecule has 0 spiro atoms. The van der Waals surface area contributed by atoms with Crippen LogP contribution >= 0.6 is 0 Å². The Morgan fingerprint density at radius 2 is 1.70 bits per heavy atom. The maximum atomic E-state index is 5.72. The first-order valence-electron chi connectivity index (χ1n) is 8.64. The van der Waals surface area contributed by atoms with E-state index >= 15 is 0 Å². The summed E-state index contributed by atoms with van der Waals surface area (Å²) < 4.78 is 5.43. The first-order chi connectivity index (χ1) is 9.90. The molecular formula is C16H33N3O. The molecule has 0 bridgehead atoms. The quantitative estimate of drug-likeness (QED) is 0.722. The van der Waals surface area contributed by atoms with Crippen molar-refractivity contribution in [2.45, 2.75) is 51.0 Å². The standard InChI is InChI=1S/C16H33N3O/c17-8-5-9-19(16-6-3-1-2-4-7-16)11-10-18-12-14-20-15-13-18/h16H,1-15,17H2. The summed E-state index contributed by atoms with van der Waals surface area (Å²) in [5.74, 6) is 0. The first-order valence-corrected chi connectivity index (χ1v) is 8.64. The molecule has 1 saturated heterocycles. The highest BCUT2D eigenvalue weighted by Crippen LogP contribution is 2.22. The highest BCUT2D eigenvalue weighted by Gasteiger charge is 2.20. The van der Waals surface area contributed by atoms with Gasteiger partial charge in [-0.2, -0.15) is 0 Å². The van der Waals surface area contributed by atoms with Crippen LogP contribution in [-0.2, 0) is 4.74 Å². The second-order valence-corrected chi connectivity index (χ2v) is 6.28. The van der Waals surface area contributed by atoms with E-state index in [0.29, 0.717) is 0 Å². The zero-order chi connectivity index (χ0) is 14.0. The Kier molecular flexibility index (Phi) is 7.88. The van der Waals surface area contributed by atoms with Gasteiger partial charge in [0.05, 0.1) is 13.2 Å². The van der Waals surface area contributed by atoms with Crippen LogP contribution < -0.4 is 5.73 Å². The number of hydrogen-bond donors (Lipinski definition) is 1. The molecule has 118 valence electrons. The van der Waals surface area contributed by atoms with E-state index in [1.807, 2.05) is 0 Å². The zero-order valence-corrected chi connectivity index (χ0v) is 13.1. The number of ether oxygens (including phenoxy) is 1. The molecule has 2 aliphatic rings. The lowest BCUT2D eigenvalue weighted by Gasteiger charge is -2.34. The molecule has 2 N–H and O–H groups in total. The van der Waals surface area contributed by atoms with Crippen LogP contribution in [0.4, 0.5) is 0 Å². The molecule has 0 aromatic heterocycles. The van der Waals surface area contributed by atoms with Gasteiger partial charge in [0.15, 0.2) is 0 Å². The van der Waals surface area contributed by atoms with E-state index in [2.05, 4.69) is 9.80 Å². The van der Waals surface area contributed by atoms with E-state index in [1.54, 1.807) is 0 Å². The number of rotatable bonds is 7. The van der Waals surface area contributed by atoms with Crippen molar-refractivity contribution < 1.29 is 4.74 Å². The van der Waals surface area contributed by atoms with Crippen LogP contribution in [0.1, 0.15) is 44.9 Å². The van der Waals surface area contributed by atoms with Gasteiger partial charge in [-0.05, 0) is 32.4 Å². The summed E-state index contributed by atoms with van der Waals surface area (Å²) in [6.45, 7) is 8.45. The van der Waals surface area contributed by atoms with Crippen LogP contribution in [0.3, 0.4) is 0 Å². The molecule has 1 heterocycles. The molecule has 4 heteroatoms. The van der Waals surface area contributed by atoms with E-state index in [4.69, 9.17) is 10.5 Å². The van der Waals surface area contributed by atoms with Gasteiger partial charge in [0.1, 0.15) is 0 Å². The van der Waals surface area contributed by atoms with Gasteiger partial charge in [-0.15, -0.1) is 0 Å². The van der Waals surface area contributed by atoms with Crippen LogP contribution in [0.5, 0.6) is 0 Å². The summed E-state index contributed by atoms with van der Waals surface area (Å²) in [7, 11) is 0. The molecule has 2 rings (SSSR count). The molecule has 0 aromatic carbocycles. The van der Waals surface area contributed by atoms with Gasteiger partial charge in [0.2, 0.25) is 0 Å². The predicted molar refractivity (Wildman–Crippen MR) is 84.0 cm³/mol. The second kappa shape index (κ2) is 9.72. The molecule has 0 aromatic rings. The van der Waals surface area contributed by atoms with Crippen LogP contribution in [0, 0.1) is 0 Å². The maximum absolute atomic E-state index is 5.72. The van der Waals surface area contributed by atoms with Crippen molar-refractivity contribution >= 4 is 0 Å². The van der Waals surface area contributed by atoms with Crippen molar-refractivity contribution in [3.63, 3.8) is 0 Å². The third kappa shape index (κ3) is 5.68. The van der Waals surface area contributed by atoms with Gasteiger partial charge in [0.25, 0.3) is 0 Å². The predicted octanol–water partition coefficient (Wildman–Crippen LogP) is 1.69. The van der Waals surface area contributed by atoms with Crippen molar-refractivity contribution in [3.05, 3.63) is 0 Å². The van der Waals surface area contributed by atoms with E-state index < -0.39 is 0 Å². The average molecular weight is 283 g/mol. The Morgan fingerprint density at radius 3 is 2.35 bits per heavy atom. The van der Waals surface area contributed by atoms with Crippen LogP contribution in [0.15, 0.2) is 0 Å². The minimum absolute atomic E-state index is 0.810. The summed E-state index contributed by atoms with van der Waals surface area (Å²) in [4.78, 5) is 5.28. The van der Waals surface area contributed by atoms with Crippen LogP contribution in [0.25, 0.3) is 0 Å². The largest absolute Gasteiger partial charge is 0.379 e. The maximum Gasteiger partial charge on any atom is 0.0594 e. The minimum Gasteiger partial charge on any atom is -0.379 e. The Bertz CT molecular complexity index is 236. The van der Waals surface area contributed by atoms with Gasteiger partial charge in [-0.3, -0.25) is 9.80 Å². The van der Waals surface area contributed by atoms with Gasteiger partial charge < -0.3 is 10.5 Å². The van der Waals surface area contributed by atoms with Crippen molar-refractivity contribution in [3.8, 4) is 0 Å². The molecule has 4 nitrogen and oxygen atoms in total. The van der Waals surface area contributed by atoms with E-state index in [9.17, 15) is 0 Å². The molecule has 1 saturated carbocycles. The Morgan fingerprint density at radius 1 is 1.00 bits per heavy atom. The number of morpholine rings is 1. The van der Waals surface area contributed by atoms with Crippen LogP contribution in [0.2, 0.25) is 0 Å². The normalized spacial score (nSPS) is 23.1. The van der Waals surface area contributed by atoms with Crippen molar-refractivity contribution in [2.75, 3.05) is 52.5 Å². The highest BCUT2D eigenvalue weighted by atomic mass is 16.5. The monoisotopic (exact) mass is 283 g/mol. The Labute approximate surface area is 124 Å². The van der Waals surface area contributed by atoms with E-state index in [-0.39, 0.29) is 0 Å². The molecule has 0 amide bonds. The summed E-state index contributed by atoms with van der Waals surface area (Å²) in [6.07, 6.45) is 9.64. The van der Waals surface area contributed by atoms with Gasteiger partial charge >= 0.3 is 0 Å². The Hall–Kier alpha value is -0.160. The summed E-state index contributed by atoms with van der Waals surface area (Å²) in [5, 5.41) is 0. The molecule has 0 radical (unpaired) electrons. The summed E-state index contributed by atoms with van der Waals surface area (Å²) in [5.41, 5.74) is 5.72. The molecule has 20 heavy (non-hydrogen) atoms. The zero-order valence-electron chi connectivity index (χ0n) is 13.1. The van der Waals surface area contributed by atoms with Crippen molar-refractivity contribution in [1.82, 2.24) is 9.80 Å². The molecule has 1 aliphatic heterocycles. The fourth-order valence-electron chi connectivity index (χ4n) is 3.49. The fraction of sp³-hybridized carbons (Fsp3) is 1.00. The number of nitrogens with zero attached hydrogens (tertiary/aromatic N) is 2. The molecule has 2 fully saturated rings. The molecule has 0 unspecified atom stereocenters. The number of nitrogens with two attached hydrogens (primary N) is 1. The van der Waals surface area contributed by atoms with Gasteiger partial charge in [-0.1, -0.05) is 25.7 Å². The highest BCUT2D eigenvalue weighted by molar-refractivity contribution is 4.76. The second-order valence-electron chi connectivity index (χ2n) is 6.28. The van der Waals surface area contributed by atoms with Crippen molar-refractivity contribution in [2.24, 2.45) is 5.73 Å². The SMILES string of the molecule is NCCCN(CCN1CCOCC1)C1CCCCCC1. The molecule has 0 atom stereocenters. The first kappa shape index (κ1) is 16.2. The van der Waals surface area contributed by atoms with Gasteiger partial charge in [0, 0.05) is 32.2 Å². The summed E-state index contributed by atoms with van der Waals surface area (Å²) in [6, 6.07) is 0.810. The van der Waals surface area contributed by atoms with Crippen molar-refractivity contribution in [1.29, 1.82) is 0 Å². The molecule has 1 aliphatic carbocycles. The summed E-state index contributed by atoms with van der Waals surface area (Å²) >= 11 is 0. The van der Waals surface area contributed by atoms with Gasteiger partial charge in [-0.25, -0.2) is 0 Å². The lowest BCUT2D eigenvalue weighted by Crippen LogP contribution is -2.45. The minimum atomic E-state index is 0.810. The lowest BCUT2D eigenvalue weighted by molar-refractivity contribution is 0.0301. The number of hydrogen-bond acceptors (Lipinski definition) is 4. The third-order valence-corrected chi connectivity index (χ3v) is 4.80. The average Bonchev–Trinajstić information content (AvgIpc) is 2.78. The lowest BCUT2D eigenvalue weighted by atomic mass is 10.1. The topological polar surface area (TPSA) is 41.7 Å². The van der Waals surface area contributed by atoms with Crippen LogP contribution in [-0.4, -0.2) is 68.3 Å². The van der Waals surface area contributed by atoms with E-state index in [1.165, 1.54) is 58.2 Å². The van der Waals surface area contributed by atoms with E-state index in [0.717, 1.165) is 45.3 Å².